The number of amides is 1. The highest BCUT2D eigenvalue weighted by Crippen LogP contribution is 2.23. The highest BCUT2D eigenvalue weighted by atomic mass is 16.2. The minimum Gasteiger partial charge on any atom is -0.369 e. The molecule has 28 heavy (non-hydrogen) atoms. The van der Waals surface area contributed by atoms with Gasteiger partial charge in [0.15, 0.2) is 0 Å². The molecule has 0 spiro atoms. The lowest BCUT2D eigenvalue weighted by Gasteiger charge is -2.41. The first kappa shape index (κ1) is 19.7. The van der Waals surface area contributed by atoms with E-state index in [-0.39, 0.29) is 0 Å². The number of carbonyl (C=O) groups is 1. The largest absolute Gasteiger partial charge is 0.369 e. The molecule has 0 atom stereocenters. The van der Waals surface area contributed by atoms with Gasteiger partial charge in [0.05, 0.1) is 6.54 Å². The topological polar surface area (TPSA) is 30.0 Å². The van der Waals surface area contributed by atoms with Crippen molar-refractivity contribution in [2.75, 3.05) is 63.8 Å². The van der Waals surface area contributed by atoms with Crippen LogP contribution in [-0.4, -0.2) is 85.6 Å². The molecule has 0 bridgehead atoms. The Morgan fingerprint density at radius 3 is 2.14 bits per heavy atom. The van der Waals surface area contributed by atoms with Crippen molar-refractivity contribution >= 4 is 11.6 Å². The first-order chi connectivity index (χ1) is 13.7. The molecule has 1 saturated carbocycles. The van der Waals surface area contributed by atoms with Crippen molar-refractivity contribution in [3.05, 3.63) is 29.8 Å². The number of rotatable bonds is 4. The molecule has 5 nitrogen and oxygen atoms in total. The Morgan fingerprint density at radius 1 is 0.857 bits per heavy atom. The fraction of sp³-hybridized carbons (Fsp3) is 0.696. The number of carbonyl (C=O) groups excluding carboxylic acids is 1. The first-order valence-corrected chi connectivity index (χ1v) is 11.2. The Labute approximate surface area is 170 Å². The Hall–Kier alpha value is -1.59. The maximum Gasteiger partial charge on any atom is 0.236 e. The summed E-state index contributed by atoms with van der Waals surface area (Å²) in [5, 5.41) is 0. The highest BCUT2D eigenvalue weighted by molar-refractivity contribution is 5.78. The molecule has 2 heterocycles. The molecule has 2 saturated heterocycles. The molecule has 3 aliphatic rings. The van der Waals surface area contributed by atoms with E-state index >= 15 is 0 Å². The fourth-order valence-corrected chi connectivity index (χ4v) is 4.99. The first-order valence-electron chi connectivity index (χ1n) is 11.2. The van der Waals surface area contributed by atoms with Crippen molar-refractivity contribution in [1.82, 2.24) is 14.7 Å². The molecule has 0 aromatic heterocycles. The molecule has 0 unspecified atom stereocenters. The second kappa shape index (κ2) is 9.27. The third-order valence-electron chi connectivity index (χ3n) is 6.89. The van der Waals surface area contributed by atoms with Gasteiger partial charge in [0.2, 0.25) is 5.91 Å². The van der Waals surface area contributed by atoms with Gasteiger partial charge in [-0.15, -0.1) is 0 Å². The van der Waals surface area contributed by atoms with Gasteiger partial charge in [-0.05, 0) is 31.9 Å². The summed E-state index contributed by atoms with van der Waals surface area (Å²) in [7, 11) is 0. The lowest BCUT2D eigenvalue weighted by atomic mass is 9.94. The van der Waals surface area contributed by atoms with Crippen LogP contribution in [0.25, 0.3) is 0 Å². The standard InChI is InChI=1S/C23H36N4O/c1-20-7-9-22(10-8-20)25-13-11-24(12-14-25)19-23(28)27-17-15-26(16-18-27)21-5-3-2-4-6-21/h7-10,21H,2-6,11-19H2,1H3. The molecular weight excluding hydrogens is 348 g/mol. The van der Waals surface area contributed by atoms with Crippen molar-refractivity contribution in [2.45, 2.75) is 45.1 Å². The Balaban J connectivity index is 1.19. The maximum absolute atomic E-state index is 12.8. The van der Waals surface area contributed by atoms with E-state index in [0.29, 0.717) is 12.5 Å². The summed E-state index contributed by atoms with van der Waals surface area (Å²) in [5.41, 5.74) is 2.60. The molecule has 5 heteroatoms. The Morgan fingerprint density at radius 2 is 1.50 bits per heavy atom. The zero-order valence-electron chi connectivity index (χ0n) is 17.5. The average molecular weight is 385 g/mol. The van der Waals surface area contributed by atoms with Crippen LogP contribution in [0.15, 0.2) is 24.3 Å². The van der Waals surface area contributed by atoms with Crippen molar-refractivity contribution in [1.29, 1.82) is 0 Å². The van der Waals surface area contributed by atoms with Crippen LogP contribution in [0.4, 0.5) is 5.69 Å². The predicted molar refractivity (Wildman–Crippen MR) is 115 cm³/mol. The molecule has 4 rings (SSSR count). The van der Waals surface area contributed by atoms with Crippen molar-refractivity contribution in [3.63, 3.8) is 0 Å². The summed E-state index contributed by atoms with van der Waals surface area (Å²) in [6, 6.07) is 9.56. The minimum absolute atomic E-state index is 0.326. The highest BCUT2D eigenvalue weighted by Gasteiger charge is 2.28. The van der Waals surface area contributed by atoms with Gasteiger partial charge < -0.3 is 9.80 Å². The van der Waals surface area contributed by atoms with Gasteiger partial charge in [-0.3, -0.25) is 14.6 Å². The minimum atomic E-state index is 0.326. The van der Waals surface area contributed by atoms with Gasteiger partial charge in [-0.2, -0.15) is 0 Å². The molecule has 3 fully saturated rings. The average Bonchev–Trinajstić information content (AvgIpc) is 2.76. The van der Waals surface area contributed by atoms with E-state index in [1.807, 2.05) is 0 Å². The van der Waals surface area contributed by atoms with E-state index in [4.69, 9.17) is 0 Å². The molecule has 1 aromatic rings. The van der Waals surface area contributed by atoms with Crippen molar-refractivity contribution < 1.29 is 4.79 Å². The lowest BCUT2D eigenvalue weighted by Crippen LogP contribution is -2.55. The monoisotopic (exact) mass is 384 g/mol. The van der Waals surface area contributed by atoms with Crippen LogP contribution in [0.5, 0.6) is 0 Å². The number of hydrogen-bond acceptors (Lipinski definition) is 4. The summed E-state index contributed by atoms with van der Waals surface area (Å²) in [4.78, 5) is 22.3. The van der Waals surface area contributed by atoms with Crippen LogP contribution < -0.4 is 4.90 Å². The van der Waals surface area contributed by atoms with Crippen LogP contribution in [0.2, 0.25) is 0 Å². The second-order valence-electron chi connectivity index (χ2n) is 8.81. The van der Waals surface area contributed by atoms with E-state index in [1.54, 1.807) is 0 Å². The van der Waals surface area contributed by atoms with Crippen LogP contribution in [0.1, 0.15) is 37.7 Å². The molecule has 0 N–H and O–H groups in total. The molecule has 0 radical (unpaired) electrons. The predicted octanol–water partition coefficient (Wildman–Crippen LogP) is 2.59. The fourth-order valence-electron chi connectivity index (χ4n) is 4.99. The Bertz CT molecular complexity index is 625. The van der Waals surface area contributed by atoms with Crippen LogP contribution in [-0.2, 0) is 4.79 Å². The van der Waals surface area contributed by atoms with Crippen LogP contribution in [0, 0.1) is 6.92 Å². The number of benzene rings is 1. The van der Waals surface area contributed by atoms with Gasteiger partial charge in [-0.1, -0.05) is 37.0 Å². The van der Waals surface area contributed by atoms with Crippen LogP contribution in [0.3, 0.4) is 0 Å². The lowest BCUT2D eigenvalue weighted by molar-refractivity contribution is -0.134. The molecular formula is C23H36N4O. The molecule has 1 amide bonds. The van der Waals surface area contributed by atoms with Gasteiger partial charge in [0, 0.05) is 64.1 Å². The summed E-state index contributed by atoms with van der Waals surface area (Å²) in [6.07, 6.45) is 6.90. The third-order valence-corrected chi connectivity index (χ3v) is 6.89. The van der Waals surface area contributed by atoms with Gasteiger partial charge in [-0.25, -0.2) is 0 Å². The zero-order valence-corrected chi connectivity index (χ0v) is 17.5. The molecule has 1 aliphatic carbocycles. The van der Waals surface area contributed by atoms with Crippen molar-refractivity contribution in [2.24, 2.45) is 0 Å². The summed E-state index contributed by atoms with van der Waals surface area (Å²) < 4.78 is 0. The van der Waals surface area contributed by atoms with E-state index in [2.05, 4.69) is 50.8 Å². The number of hydrogen-bond donors (Lipinski definition) is 0. The number of aryl methyl sites for hydroxylation is 1. The zero-order chi connectivity index (χ0) is 19.3. The quantitative estimate of drug-likeness (QED) is 0.798. The SMILES string of the molecule is Cc1ccc(N2CCN(CC(=O)N3CCN(C4CCCCC4)CC3)CC2)cc1. The summed E-state index contributed by atoms with van der Waals surface area (Å²) >= 11 is 0. The number of anilines is 1. The van der Waals surface area contributed by atoms with E-state index in [1.165, 1.54) is 43.4 Å². The summed E-state index contributed by atoms with van der Waals surface area (Å²) in [5.74, 6) is 0.326. The van der Waals surface area contributed by atoms with Crippen molar-refractivity contribution in [3.8, 4) is 0 Å². The van der Waals surface area contributed by atoms with E-state index < -0.39 is 0 Å². The van der Waals surface area contributed by atoms with Gasteiger partial charge in [0.25, 0.3) is 0 Å². The molecule has 154 valence electrons. The normalized spacial score (nSPS) is 23.2. The number of piperazine rings is 2. The molecule has 2 aliphatic heterocycles. The Kier molecular flexibility index (Phi) is 6.53. The van der Waals surface area contributed by atoms with Gasteiger partial charge in [0.1, 0.15) is 0 Å². The van der Waals surface area contributed by atoms with Crippen LogP contribution >= 0.6 is 0 Å². The maximum atomic E-state index is 12.8. The third kappa shape index (κ3) is 4.87. The van der Waals surface area contributed by atoms with E-state index in [0.717, 1.165) is 58.4 Å². The number of nitrogens with zero attached hydrogens (tertiary/aromatic N) is 4. The smallest absolute Gasteiger partial charge is 0.236 e. The van der Waals surface area contributed by atoms with E-state index in [9.17, 15) is 4.79 Å². The summed E-state index contributed by atoms with van der Waals surface area (Å²) in [6.45, 7) is 10.6. The van der Waals surface area contributed by atoms with Gasteiger partial charge >= 0.3 is 0 Å². The second-order valence-corrected chi connectivity index (χ2v) is 8.81. The molecule has 1 aromatic carbocycles.